The first-order chi connectivity index (χ1) is 8.11. The molecule has 0 unspecified atom stereocenters. The molecule has 1 rings (SSSR count). The third-order valence-electron chi connectivity index (χ3n) is 2.73. The average molecular weight is 257 g/mol. The van der Waals surface area contributed by atoms with Crippen LogP contribution in [-0.4, -0.2) is 39.8 Å². The van der Waals surface area contributed by atoms with Crippen LogP contribution in [0.5, 0.6) is 0 Å². The second-order valence-corrected chi connectivity index (χ2v) is 6.21. The lowest BCUT2D eigenvalue weighted by Crippen LogP contribution is -2.44. The number of imide groups is 1. The van der Waals surface area contributed by atoms with E-state index in [1.165, 1.54) is 0 Å². The van der Waals surface area contributed by atoms with Gasteiger partial charge in [-0.05, 0) is 33.1 Å². The van der Waals surface area contributed by atoms with Crippen molar-refractivity contribution in [1.82, 2.24) is 4.90 Å². The summed E-state index contributed by atoms with van der Waals surface area (Å²) in [6.07, 6.45) is -0.856. The fraction of sp³-hybridized carbons (Fsp3) is 0.846. The molecule has 5 nitrogen and oxygen atoms in total. The molecule has 2 atom stereocenters. The monoisotopic (exact) mass is 257 g/mol. The van der Waals surface area contributed by atoms with Gasteiger partial charge in [0.05, 0.1) is 18.6 Å². The van der Waals surface area contributed by atoms with Gasteiger partial charge in [0, 0.05) is 0 Å². The lowest BCUT2D eigenvalue weighted by Gasteiger charge is -2.29. The van der Waals surface area contributed by atoms with Crippen LogP contribution in [0.15, 0.2) is 0 Å². The van der Waals surface area contributed by atoms with Crippen LogP contribution in [-0.2, 0) is 9.53 Å². The van der Waals surface area contributed by atoms with Crippen LogP contribution in [0.4, 0.5) is 4.79 Å². The molecule has 104 valence electrons. The standard InChI is InChI=1S/C13H23NO4/c1-8(2)6-9-10(15)7-11(16)14(9)12(17)18-13(3,4)5/h8-10,15H,6-7H2,1-5H3/t9-,10+/m1/s1. The van der Waals surface area contributed by atoms with Gasteiger partial charge >= 0.3 is 6.09 Å². The second kappa shape index (κ2) is 5.26. The highest BCUT2D eigenvalue weighted by Crippen LogP contribution is 2.27. The van der Waals surface area contributed by atoms with Crippen molar-refractivity contribution in [1.29, 1.82) is 0 Å². The molecular weight excluding hydrogens is 234 g/mol. The lowest BCUT2D eigenvalue weighted by molar-refractivity contribution is -0.128. The predicted molar refractivity (Wildman–Crippen MR) is 66.9 cm³/mol. The van der Waals surface area contributed by atoms with Crippen molar-refractivity contribution >= 4 is 12.0 Å². The van der Waals surface area contributed by atoms with Gasteiger partial charge in [0.1, 0.15) is 5.60 Å². The van der Waals surface area contributed by atoms with Gasteiger partial charge in [-0.25, -0.2) is 9.69 Å². The summed E-state index contributed by atoms with van der Waals surface area (Å²) < 4.78 is 5.21. The third-order valence-corrected chi connectivity index (χ3v) is 2.73. The molecule has 1 aliphatic heterocycles. The van der Waals surface area contributed by atoms with Gasteiger partial charge in [0.25, 0.3) is 0 Å². The van der Waals surface area contributed by atoms with Crippen LogP contribution in [0, 0.1) is 5.92 Å². The van der Waals surface area contributed by atoms with Gasteiger partial charge in [0.15, 0.2) is 0 Å². The number of rotatable bonds is 2. The van der Waals surface area contributed by atoms with E-state index in [-0.39, 0.29) is 12.3 Å². The van der Waals surface area contributed by atoms with Crippen LogP contribution >= 0.6 is 0 Å². The number of carbonyl (C=O) groups is 2. The minimum atomic E-state index is -0.785. The topological polar surface area (TPSA) is 66.8 Å². The summed E-state index contributed by atoms with van der Waals surface area (Å²) >= 11 is 0. The molecule has 0 bridgehead atoms. The summed E-state index contributed by atoms with van der Waals surface area (Å²) in [5, 5.41) is 9.86. The first-order valence-corrected chi connectivity index (χ1v) is 6.35. The largest absolute Gasteiger partial charge is 0.443 e. The van der Waals surface area contributed by atoms with Crippen molar-refractivity contribution < 1.29 is 19.4 Å². The smallest absolute Gasteiger partial charge is 0.417 e. The number of likely N-dealkylation sites (tertiary alicyclic amines) is 1. The number of aliphatic hydroxyl groups excluding tert-OH is 1. The first-order valence-electron chi connectivity index (χ1n) is 6.35. The maximum atomic E-state index is 12.0. The summed E-state index contributed by atoms with van der Waals surface area (Å²) in [6, 6.07) is -0.465. The maximum absolute atomic E-state index is 12.0. The first kappa shape index (κ1) is 15.0. The Morgan fingerprint density at radius 2 is 2.06 bits per heavy atom. The number of hydrogen-bond donors (Lipinski definition) is 1. The third kappa shape index (κ3) is 3.70. The summed E-state index contributed by atoms with van der Waals surface area (Å²) in [5.41, 5.74) is -0.646. The van der Waals surface area contributed by atoms with Gasteiger partial charge in [0.2, 0.25) is 5.91 Å². The van der Waals surface area contributed by atoms with Crippen molar-refractivity contribution in [3.05, 3.63) is 0 Å². The van der Waals surface area contributed by atoms with E-state index in [9.17, 15) is 14.7 Å². The van der Waals surface area contributed by atoms with Gasteiger partial charge in [-0.15, -0.1) is 0 Å². The minimum absolute atomic E-state index is 0.00334. The van der Waals surface area contributed by atoms with Crippen LogP contribution in [0.25, 0.3) is 0 Å². The Morgan fingerprint density at radius 1 is 1.50 bits per heavy atom. The Kier molecular flexibility index (Phi) is 4.37. The quantitative estimate of drug-likeness (QED) is 0.820. The maximum Gasteiger partial charge on any atom is 0.417 e. The molecular formula is C13H23NO4. The highest BCUT2D eigenvalue weighted by molar-refractivity contribution is 5.94. The van der Waals surface area contributed by atoms with E-state index in [1.807, 2.05) is 13.8 Å². The van der Waals surface area contributed by atoms with Gasteiger partial charge < -0.3 is 9.84 Å². The Bertz CT molecular complexity index is 332. The number of ether oxygens (including phenoxy) is 1. The Hall–Kier alpha value is -1.10. The highest BCUT2D eigenvalue weighted by atomic mass is 16.6. The van der Waals surface area contributed by atoms with E-state index in [0.717, 1.165) is 4.90 Å². The number of amides is 2. The summed E-state index contributed by atoms with van der Waals surface area (Å²) in [4.78, 5) is 24.8. The van der Waals surface area contributed by atoms with E-state index in [4.69, 9.17) is 4.74 Å². The molecule has 1 heterocycles. The molecule has 0 aromatic carbocycles. The minimum Gasteiger partial charge on any atom is -0.443 e. The Labute approximate surface area is 108 Å². The lowest BCUT2D eigenvalue weighted by atomic mass is 10.0. The molecule has 0 spiro atoms. The van der Waals surface area contributed by atoms with E-state index in [2.05, 4.69) is 0 Å². The van der Waals surface area contributed by atoms with E-state index < -0.39 is 23.8 Å². The Morgan fingerprint density at radius 3 is 2.50 bits per heavy atom. The number of nitrogens with zero attached hydrogens (tertiary/aromatic N) is 1. The molecule has 1 fully saturated rings. The van der Waals surface area contributed by atoms with Crippen LogP contribution in [0.1, 0.15) is 47.5 Å². The molecule has 5 heteroatoms. The zero-order valence-electron chi connectivity index (χ0n) is 11.8. The Balaban J connectivity index is 2.82. The average Bonchev–Trinajstić information content (AvgIpc) is 2.37. The molecule has 1 aliphatic rings. The molecule has 2 amide bonds. The van der Waals surface area contributed by atoms with Gasteiger partial charge in [-0.3, -0.25) is 4.79 Å². The summed E-state index contributed by atoms with van der Waals surface area (Å²) in [7, 11) is 0. The number of carbonyl (C=O) groups excluding carboxylic acids is 2. The predicted octanol–water partition coefficient (Wildman–Crippen LogP) is 1.93. The molecule has 18 heavy (non-hydrogen) atoms. The van der Waals surface area contributed by atoms with Crippen LogP contribution < -0.4 is 0 Å². The molecule has 1 N–H and O–H groups in total. The SMILES string of the molecule is CC(C)C[C@@H]1[C@@H](O)CC(=O)N1C(=O)OC(C)(C)C. The highest BCUT2D eigenvalue weighted by Gasteiger charge is 2.44. The fourth-order valence-electron chi connectivity index (χ4n) is 2.06. The van der Waals surface area contributed by atoms with E-state index >= 15 is 0 Å². The van der Waals surface area contributed by atoms with Crippen molar-refractivity contribution in [2.45, 2.75) is 65.2 Å². The summed E-state index contributed by atoms with van der Waals surface area (Å²) in [6.45, 7) is 9.23. The molecule has 0 radical (unpaired) electrons. The van der Waals surface area contributed by atoms with Gasteiger partial charge in [-0.2, -0.15) is 0 Å². The van der Waals surface area contributed by atoms with Crippen LogP contribution in [0.3, 0.4) is 0 Å². The van der Waals surface area contributed by atoms with E-state index in [1.54, 1.807) is 20.8 Å². The van der Waals surface area contributed by atoms with Crippen LogP contribution in [0.2, 0.25) is 0 Å². The normalized spacial score (nSPS) is 24.8. The van der Waals surface area contributed by atoms with Gasteiger partial charge in [-0.1, -0.05) is 13.8 Å². The number of aliphatic hydroxyl groups is 1. The number of hydrogen-bond acceptors (Lipinski definition) is 4. The molecule has 0 aliphatic carbocycles. The molecule has 0 saturated carbocycles. The van der Waals surface area contributed by atoms with Crippen molar-refractivity contribution in [3.63, 3.8) is 0 Å². The molecule has 0 aromatic rings. The van der Waals surface area contributed by atoms with E-state index in [0.29, 0.717) is 12.3 Å². The zero-order valence-corrected chi connectivity index (χ0v) is 11.8. The molecule has 1 saturated heterocycles. The fourth-order valence-corrected chi connectivity index (χ4v) is 2.06. The second-order valence-electron chi connectivity index (χ2n) is 6.21. The summed E-state index contributed by atoms with van der Waals surface area (Å²) in [5.74, 6) is -0.0668. The van der Waals surface area contributed by atoms with Crippen molar-refractivity contribution in [2.75, 3.05) is 0 Å². The molecule has 0 aromatic heterocycles. The van der Waals surface area contributed by atoms with Crippen molar-refractivity contribution in [2.24, 2.45) is 5.92 Å². The zero-order chi connectivity index (χ0) is 14.1. The van der Waals surface area contributed by atoms with Crippen molar-refractivity contribution in [3.8, 4) is 0 Å².